The van der Waals surface area contributed by atoms with E-state index in [0.717, 1.165) is 46.9 Å². The Morgan fingerprint density at radius 3 is 2.43 bits per heavy atom. The maximum atomic E-state index is 11.9. The largest absolute Gasteiger partial charge is 0.390 e. The molecule has 0 atom stereocenters. The van der Waals surface area contributed by atoms with Gasteiger partial charge in [0.05, 0.1) is 17.2 Å². The highest BCUT2D eigenvalue weighted by Gasteiger charge is 2.17. The lowest BCUT2D eigenvalue weighted by atomic mass is 10.0. The van der Waals surface area contributed by atoms with Crippen molar-refractivity contribution >= 4 is 21.8 Å². The molecule has 3 rings (SSSR count). The summed E-state index contributed by atoms with van der Waals surface area (Å²) in [5.74, 6) is 0.980. The van der Waals surface area contributed by atoms with E-state index in [4.69, 9.17) is 10.1 Å². The highest BCUT2D eigenvalue weighted by Crippen LogP contribution is 2.28. The smallest absolute Gasteiger partial charge is 0.238 e. The monoisotopic (exact) mass is 445 g/mol. The maximum absolute atomic E-state index is 11.9. The fourth-order valence-electron chi connectivity index (χ4n) is 3.47. The first-order chi connectivity index (χ1) is 14.4. The van der Waals surface area contributed by atoms with Gasteiger partial charge in [0.2, 0.25) is 10.0 Å². The Labute approximate surface area is 182 Å². The number of sulfonamides is 1. The third-order valence-electron chi connectivity index (χ3n) is 5.01. The molecular formula is C22H27N3O3S2. The fourth-order valence-corrected chi connectivity index (χ4v) is 4.84. The topological polar surface area (TPSA) is 98.2 Å². The van der Waals surface area contributed by atoms with Gasteiger partial charge >= 0.3 is 0 Å². The summed E-state index contributed by atoms with van der Waals surface area (Å²) in [6, 6.07) is 14.5. The SMILES string of the molecule is CCCCc1nc(SC)c(CO)n1Cc1ccc(-c2ccccc2S(N)(=O)=O)cc1. The molecule has 1 heterocycles. The molecule has 0 fully saturated rings. The van der Waals surface area contributed by atoms with Crippen LogP contribution in [-0.4, -0.2) is 29.3 Å². The lowest BCUT2D eigenvalue weighted by Gasteiger charge is -2.13. The predicted octanol–water partition coefficient (Wildman–Crippen LogP) is 3.80. The Morgan fingerprint density at radius 2 is 1.83 bits per heavy atom. The number of imidazole rings is 1. The lowest BCUT2D eigenvalue weighted by Crippen LogP contribution is -2.13. The molecule has 0 aliphatic heterocycles. The van der Waals surface area contributed by atoms with Gasteiger partial charge in [0.15, 0.2) is 0 Å². The summed E-state index contributed by atoms with van der Waals surface area (Å²) in [5.41, 5.74) is 3.24. The first kappa shape index (κ1) is 22.6. The van der Waals surface area contributed by atoms with Crippen LogP contribution in [0.25, 0.3) is 11.1 Å². The van der Waals surface area contributed by atoms with E-state index in [1.165, 1.54) is 6.07 Å². The summed E-state index contributed by atoms with van der Waals surface area (Å²) in [4.78, 5) is 4.83. The van der Waals surface area contributed by atoms with Crippen molar-refractivity contribution < 1.29 is 13.5 Å². The van der Waals surface area contributed by atoms with Gasteiger partial charge in [-0.3, -0.25) is 0 Å². The Bertz CT molecular complexity index is 1110. The number of aromatic nitrogens is 2. The molecule has 8 heteroatoms. The molecule has 0 saturated carbocycles. The summed E-state index contributed by atoms with van der Waals surface area (Å²) in [7, 11) is -3.81. The van der Waals surface area contributed by atoms with Crippen molar-refractivity contribution in [1.82, 2.24) is 9.55 Å². The summed E-state index contributed by atoms with van der Waals surface area (Å²) in [5, 5.41) is 16.1. The van der Waals surface area contributed by atoms with Gasteiger partial charge in [-0.1, -0.05) is 55.8 Å². The van der Waals surface area contributed by atoms with Crippen LogP contribution < -0.4 is 5.14 Å². The van der Waals surface area contributed by atoms with Gasteiger partial charge in [0.1, 0.15) is 10.9 Å². The zero-order valence-electron chi connectivity index (χ0n) is 17.2. The zero-order chi connectivity index (χ0) is 21.7. The number of aryl methyl sites for hydroxylation is 1. The number of aliphatic hydroxyl groups excluding tert-OH is 1. The number of nitrogens with zero attached hydrogens (tertiary/aromatic N) is 2. The van der Waals surface area contributed by atoms with Gasteiger partial charge in [-0.25, -0.2) is 18.5 Å². The molecule has 2 aromatic carbocycles. The van der Waals surface area contributed by atoms with Crippen LogP contribution in [0.2, 0.25) is 0 Å². The molecule has 0 aliphatic carbocycles. The van der Waals surface area contributed by atoms with Crippen molar-refractivity contribution in [3.05, 3.63) is 65.6 Å². The Kier molecular flexibility index (Phi) is 7.36. The van der Waals surface area contributed by atoms with Crippen molar-refractivity contribution in [3.63, 3.8) is 0 Å². The molecule has 6 nitrogen and oxygen atoms in total. The van der Waals surface area contributed by atoms with E-state index in [2.05, 4.69) is 11.5 Å². The quantitative estimate of drug-likeness (QED) is 0.488. The van der Waals surface area contributed by atoms with E-state index in [1.54, 1.807) is 30.0 Å². The second kappa shape index (κ2) is 9.78. The van der Waals surface area contributed by atoms with Gasteiger partial charge in [-0.2, -0.15) is 0 Å². The molecule has 0 unspecified atom stereocenters. The minimum atomic E-state index is -3.81. The molecule has 1 aromatic heterocycles. The van der Waals surface area contributed by atoms with Crippen molar-refractivity contribution in [2.24, 2.45) is 5.14 Å². The number of primary sulfonamides is 1. The number of thioether (sulfide) groups is 1. The Hall–Kier alpha value is -2.13. The highest BCUT2D eigenvalue weighted by molar-refractivity contribution is 7.98. The molecule has 160 valence electrons. The van der Waals surface area contributed by atoms with Crippen LogP contribution in [0, 0.1) is 0 Å². The third kappa shape index (κ3) is 4.95. The molecule has 0 saturated heterocycles. The standard InChI is InChI=1S/C22H27N3O3S2/c1-3-4-9-21-24-22(29-2)19(15-26)25(21)14-16-10-12-17(13-11-16)18-7-5-6-8-20(18)30(23,27)28/h5-8,10-13,26H,3-4,9,14-15H2,1-2H3,(H2,23,27,28). The van der Waals surface area contributed by atoms with E-state index in [9.17, 15) is 13.5 Å². The molecule has 0 bridgehead atoms. The van der Waals surface area contributed by atoms with E-state index < -0.39 is 10.0 Å². The van der Waals surface area contributed by atoms with E-state index >= 15 is 0 Å². The first-order valence-corrected chi connectivity index (χ1v) is 12.6. The Balaban J connectivity index is 1.93. The Morgan fingerprint density at radius 1 is 1.13 bits per heavy atom. The van der Waals surface area contributed by atoms with Crippen LogP contribution in [0.5, 0.6) is 0 Å². The molecule has 3 N–H and O–H groups in total. The minimum absolute atomic E-state index is 0.0604. The molecule has 3 aromatic rings. The number of aliphatic hydroxyl groups is 1. The second-order valence-electron chi connectivity index (χ2n) is 7.07. The molecule has 30 heavy (non-hydrogen) atoms. The molecule has 0 spiro atoms. The fraction of sp³-hybridized carbons (Fsp3) is 0.318. The molecular weight excluding hydrogens is 418 g/mol. The van der Waals surface area contributed by atoms with E-state index in [-0.39, 0.29) is 11.5 Å². The summed E-state index contributed by atoms with van der Waals surface area (Å²) < 4.78 is 25.9. The maximum Gasteiger partial charge on any atom is 0.238 e. The highest BCUT2D eigenvalue weighted by atomic mass is 32.2. The van der Waals surface area contributed by atoms with Crippen molar-refractivity contribution in [2.75, 3.05) is 6.26 Å². The van der Waals surface area contributed by atoms with E-state index in [1.807, 2.05) is 30.5 Å². The van der Waals surface area contributed by atoms with Crippen LogP contribution >= 0.6 is 11.8 Å². The van der Waals surface area contributed by atoms with Crippen molar-refractivity contribution in [3.8, 4) is 11.1 Å². The van der Waals surface area contributed by atoms with Crippen molar-refractivity contribution in [2.45, 2.75) is 49.3 Å². The van der Waals surface area contributed by atoms with Gasteiger partial charge in [-0.05, 0) is 29.9 Å². The zero-order valence-corrected chi connectivity index (χ0v) is 18.8. The van der Waals surface area contributed by atoms with Gasteiger partial charge in [-0.15, -0.1) is 11.8 Å². The number of hydrogen-bond donors (Lipinski definition) is 2. The number of hydrogen-bond acceptors (Lipinski definition) is 5. The summed E-state index contributed by atoms with van der Waals surface area (Å²) >= 11 is 1.54. The average Bonchev–Trinajstić information content (AvgIpc) is 3.08. The van der Waals surface area contributed by atoms with E-state index in [0.29, 0.717) is 12.1 Å². The van der Waals surface area contributed by atoms with Crippen LogP contribution in [0.1, 0.15) is 36.8 Å². The minimum Gasteiger partial charge on any atom is -0.390 e. The van der Waals surface area contributed by atoms with Crippen molar-refractivity contribution in [1.29, 1.82) is 0 Å². The van der Waals surface area contributed by atoms with Crippen LogP contribution in [-0.2, 0) is 29.6 Å². The lowest BCUT2D eigenvalue weighted by molar-refractivity contribution is 0.267. The number of nitrogens with two attached hydrogens (primary N) is 1. The van der Waals surface area contributed by atoms with Gasteiger partial charge in [0, 0.05) is 18.5 Å². The van der Waals surface area contributed by atoms with Gasteiger partial charge in [0.25, 0.3) is 0 Å². The molecule has 0 radical (unpaired) electrons. The summed E-state index contributed by atoms with van der Waals surface area (Å²) in [6.45, 7) is 2.68. The second-order valence-corrected chi connectivity index (χ2v) is 9.39. The van der Waals surface area contributed by atoms with Crippen LogP contribution in [0.3, 0.4) is 0 Å². The van der Waals surface area contributed by atoms with Crippen LogP contribution in [0.15, 0.2) is 58.5 Å². The number of unbranched alkanes of at least 4 members (excludes halogenated alkanes) is 1. The number of benzene rings is 2. The first-order valence-electron chi connectivity index (χ1n) is 9.83. The third-order valence-corrected chi connectivity index (χ3v) is 6.69. The number of rotatable bonds is 9. The normalized spacial score (nSPS) is 11.7. The summed E-state index contributed by atoms with van der Waals surface area (Å²) in [6.07, 6.45) is 4.95. The molecule has 0 amide bonds. The van der Waals surface area contributed by atoms with Crippen LogP contribution in [0.4, 0.5) is 0 Å². The van der Waals surface area contributed by atoms with Gasteiger partial charge < -0.3 is 9.67 Å². The average molecular weight is 446 g/mol. The predicted molar refractivity (Wildman–Crippen MR) is 121 cm³/mol. The molecule has 0 aliphatic rings.